The Balaban J connectivity index is 2.01. The van der Waals surface area contributed by atoms with Crippen LogP contribution in [0.5, 0.6) is 0 Å². The lowest BCUT2D eigenvalue weighted by Gasteiger charge is -2.35. The number of aromatic nitrogens is 2. The number of benzene rings is 1. The molecule has 1 aliphatic rings. The second-order valence-corrected chi connectivity index (χ2v) is 5.62. The van der Waals surface area contributed by atoms with Gasteiger partial charge in [-0.3, -0.25) is 10.1 Å². The van der Waals surface area contributed by atoms with Crippen molar-refractivity contribution in [3.05, 3.63) is 34.6 Å². The summed E-state index contributed by atoms with van der Waals surface area (Å²) >= 11 is 0. The van der Waals surface area contributed by atoms with Gasteiger partial charge in [-0.15, -0.1) is 0 Å². The summed E-state index contributed by atoms with van der Waals surface area (Å²) in [6, 6.07) is 4.65. The number of piperidine rings is 1. The number of non-ortho nitro benzene ring substituents is 1. The Kier molecular flexibility index (Phi) is 3.42. The van der Waals surface area contributed by atoms with Crippen molar-refractivity contribution in [1.29, 1.82) is 0 Å². The van der Waals surface area contributed by atoms with Gasteiger partial charge in [-0.05, 0) is 38.9 Å². The van der Waals surface area contributed by atoms with Crippen molar-refractivity contribution in [2.24, 2.45) is 0 Å². The van der Waals surface area contributed by atoms with Crippen LogP contribution in [0.15, 0.2) is 24.5 Å². The van der Waals surface area contributed by atoms with Crippen LogP contribution in [0.1, 0.15) is 19.8 Å². The molecule has 2 N–H and O–H groups in total. The van der Waals surface area contributed by atoms with Gasteiger partial charge >= 0.3 is 0 Å². The maximum Gasteiger partial charge on any atom is 0.270 e. The fourth-order valence-corrected chi connectivity index (χ4v) is 2.65. The second-order valence-electron chi connectivity index (χ2n) is 5.62. The normalized spacial score (nSPS) is 17.6. The van der Waals surface area contributed by atoms with Crippen molar-refractivity contribution in [3.63, 3.8) is 0 Å². The van der Waals surface area contributed by atoms with Gasteiger partial charge in [-0.2, -0.15) is 0 Å². The SMILES string of the molecule is CC1(Nc2ncnc3ccc([N+](=O)[O-])cc23)CCNCC1. The van der Waals surface area contributed by atoms with E-state index in [1.54, 1.807) is 6.07 Å². The summed E-state index contributed by atoms with van der Waals surface area (Å²) in [5.41, 5.74) is 0.698. The summed E-state index contributed by atoms with van der Waals surface area (Å²) in [5, 5.41) is 18.4. The summed E-state index contributed by atoms with van der Waals surface area (Å²) in [5.74, 6) is 0.660. The van der Waals surface area contributed by atoms with Crippen molar-refractivity contribution in [1.82, 2.24) is 15.3 Å². The van der Waals surface area contributed by atoms with Crippen LogP contribution in [-0.2, 0) is 0 Å². The fraction of sp³-hybridized carbons (Fsp3) is 0.429. The molecule has 3 rings (SSSR count). The Morgan fingerprint density at radius 3 is 2.81 bits per heavy atom. The molecule has 2 aromatic rings. The van der Waals surface area contributed by atoms with Crippen LogP contribution in [0.3, 0.4) is 0 Å². The number of nitro groups is 1. The van der Waals surface area contributed by atoms with E-state index in [2.05, 4.69) is 27.5 Å². The topological polar surface area (TPSA) is 93.0 Å². The molecule has 7 nitrogen and oxygen atoms in total. The molecule has 0 amide bonds. The van der Waals surface area contributed by atoms with Crippen LogP contribution in [0, 0.1) is 10.1 Å². The summed E-state index contributed by atoms with van der Waals surface area (Å²) < 4.78 is 0. The van der Waals surface area contributed by atoms with E-state index < -0.39 is 4.92 Å². The highest BCUT2D eigenvalue weighted by atomic mass is 16.6. The third-order valence-corrected chi connectivity index (χ3v) is 3.96. The van der Waals surface area contributed by atoms with Gasteiger partial charge in [0.05, 0.1) is 10.4 Å². The lowest BCUT2D eigenvalue weighted by molar-refractivity contribution is -0.384. The van der Waals surface area contributed by atoms with E-state index in [9.17, 15) is 10.1 Å². The zero-order valence-corrected chi connectivity index (χ0v) is 11.8. The van der Waals surface area contributed by atoms with Gasteiger partial charge < -0.3 is 10.6 Å². The molecule has 0 aliphatic carbocycles. The van der Waals surface area contributed by atoms with Gasteiger partial charge in [0.2, 0.25) is 0 Å². The van der Waals surface area contributed by atoms with Gasteiger partial charge in [-0.25, -0.2) is 9.97 Å². The van der Waals surface area contributed by atoms with Crippen LogP contribution in [0.2, 0.25) is 0 Å². The van der Waals surface area contributed by atoms with E-state index in [1.807, 2.05) is 0 Å². The Labute approximate surface area is 121 Å². The molecular weight excluding hydrogens is 270 g/mol. The molecule has 0 spiro atoms. The molecule has 2 heterocycles. The van der Waals surface area contributed by atoms with Crippen LogP contribution in [0.4, 0.5) is 11.5 Å². The first-order valence-corrected chi connectivity index (χ1v) is 6.95. The molecule has 0 bridgehead atoms. The summed E-state index contributed by atoms with van der Waals surface area (Å²) in [7, 11) is 0. The number of hydrogen-bond donors (Lipinski definition) is 2. The first kappa shape index (κ1) is 13.7. The Hall–Kier alpha value is -2.28. The van der Waals surface area contributed by atoms with E-state index in [0.717, 1.165) is 25.9 Å². The third-order valence-electron chi connectivity index (χ3n) is 3.96. The van der Waals surface area contributed by atoms with E-state index in [4.69, 9.17) is 0 Å². The van der Waals surface area contributed by atoms with Crippen molar-refractivity contribution < 1.29 is 4.92 Å². The quantitative estimate of drug-likeness (QED) is 0.663. The molecule has 0 saturated carbocycles. The monoisotopic (exact) mass is 287 g/mol. The predicted molar refractivity (Wildman–Crippen MR) is 80.3 cm³/mol. The third kappa shape index (κ3) is 2.78. The molecule has 21 heavy (non-hydrogen) atoms. The minimum Gasteiger partial charge on any atom is -0.364 e. The van der Waals surface area contributed by atoms with E-state index in [-0.39, 0.29) is 11.2 Å². The maximum absolute atomic E-state index is 10.9. The average molecular weight is 287 g/mol. The highest BCUT2D eigenvalue weighted by Gasteiger charge is 2.27. The molecule has 1 aromatic heterocycles. The maximum atomic E-state index is 10.9. The average Bonchev–Trinajstić information content (AvgIpc) is 2.47. The minimum atomic E-state index is -0.400. The van der Waals surface area contributed by atoms with Crippen molar-refractivity contribution in [3.8, 4) is 0 Å². The van der Waals surface area contributed by atoms with E-state index in [1.165, 1.54) is 18.5 Å². The number of nitrogens with one attached hydrogen (secondary N) is 2. The van der Waals surface area contributed by atoms with Crippen LogP contribution >= 0.6 is 0 Å². The Morgan fingerprint density at radius 1 is 1.33 bits per heavy atom. The Bertz CT molecular complexity index is 682. The fourth-order valence-electron chi connectivity index (χ4n) is 2.65. The lowest BCUT2D eigenvalue weighted by Crippen LogP contribution is -2.45. The smallest absolute Gasteiger partial charge is 0.270 e. The van der Waals surface area contributed by atoms with Gasteiger partial charge in [0.25, 0.3) is 5.69 Å². The van der Waals surface area contributed by atoms with Crippen molar-refractivity contribution >= 4 is 22.4 Å². The molecule has 7 heteroatoms. The molecule has 1 aromatic carbocycles. The van der Waals surface area contributed by atoms with Crippen LogP contribution in [-0.4, -0.2) is 33.5 Å². The van der Waals surface area contributed by atoms with Gasteiger partial charge in [0, 0.05) is 23.1 Å². The predicted octanol–water partition coefficient (Wildman–Crippen LogP) is 2.09. The number of fused-ring (bicyclic) bond motifs is 1. The van der Waals surface area contributed by atoms with Gasteiger partial charge in [0.1, 0.15) is 12.1 Å². The van der Waals surface area contributed by atoms with Crippen LogP contribution < -0.4 is 10.6 Å². The van der Waals surface area contributed by atoms with Crippen molar-refractivity contribution in [2.75, 3.05) is 18.4 Å². The van der Waals surface area contributed by atoms with Gasteiger partial charge in [0.15, 0.2) is 0 Å². The number of hydrogen-bond acceptors (Lipinski definition) is 6. The first-order chi connectivity index (χ1) is 10.1. The summed E-state index contributed by atoms with van der Waals surface area (Å²) in [4.78, 5) is 19.0. The molecule has 0 unspecified atom stereocenters. The summed E-state index contributed by atoms with van der Waals surface area (Å²) in [6.45, 7) is 4.05. The second kappa shape index (κ2) is 5.25. The first-order valence-electron chi connectivity index (χ1n) is 6.95. The van der Waals surface area contributed by atoms with E-state index >= 15 is 0 Å². The van der Waals surface area contributed by atoms with Crippen LogP contribution in [0.25, 0.3) is 10.9 Å². The lowest BCUT2D eigenvalue weighted by atomic mass is 9.90. The molecule has 0 atom stereocenters. The largest absolute Gasteiger partial charge is 0.364 e. The number of nitro benzene ring substituents is 1. The highest BCUT2D eigenvalue weighted by Crippen LogP contribution is 2.29. The molecule has 1 aliphatic heterocycles. The molecule has 1 fully saturated rings. The minimum absolute atomic E-state index is 0.0517. The molecule has 1 saturated heterocycles. The summed E-state index contributed by atoms with van der Waals surface area (Å²) in [6.07, 6.45) is 3.45. The zero-order chi connectivity index (χ0) is 14.9. The zero-order valence-electron chi connectivity index (χ0n) is 11.8. The molecule has 0 radical (unpaired) electrons. The van der Waals surface area contributed by atoms with Gasteiger partial charge in [-0.1, -0.05) is 0 Å². The number of nitrogens with zero attached hydrogens (tertiary/aromatic N) is 3. The number of anilines is 1. The number of rotatable bonds is 3. The Morgan fingerprint density at radius 2 is 2.10 bits per heavy atom. The van der Waals surface area contributed by atoms with E-state index in [0.29, 0.717) is 16.7 Å². The van der Waals surface area contributed by atoms with Crippen molar-refractivity contribution in [2.45, 2.75) is 25.3 Å². The molecule has 110 valence electrons. The highest BCUT2D eigenvalue weighted by molar-refractivity contribution is 5.90. The molecular formula is C14H17N5O2. The standard InChI is InChI=1S/C14H17N5O2/c1-14(4-6-15-7-5-14)18-13-11-8-10(19(20)21)2-3-12(11)16-9-17-13/h2-3,8-9,15H,4-7H2,1H3,(H,16,17,18).